The molecule has 1 heterocycles. The predicted molar refractivity (Wildman–Crippen MR) is 112 cm³/mol. The smallest absolute Gasteiger partial charge is 0.123 e. The second kappa shape index (κ2) is 7.48. The second-order valence-corrected chi connectivity index (χ2v) is 8.00. The second-order valence-electron chi connectivity index (χ2n) is 8.00. The molecule has 1 unspecified atom stereocenters. The zero-order chi connectivity index (χ0) is 20.6. The van der Waals surface area contributed by atoms with Crippen LogP contribution < -0.4 is 4.74 Å². The molecule has 0 radical (unpaired) electrons. The first-order valence-electron chi connectivity index (χ1n) is 9.73. The monoisotopic (exact) mass is 392 g/mol. The highest BCUT2D eigenvalue weighted by atomic mass is 19.1. The molecule has 1 aromatic heterocycles. The summed E-state index contributed by atoms with van der Waals surface area (Å²) in [6.07, 6.45) is 4.85. The zero-order valence-corrected chi connectivity index (χ0v) is 16.9. The Morgan fingerprint density at radius 3 is 2.52 bits per heavy atom. The fourth-order valence-corrected chi connectivity index (χ4v) is 4.01. The van der Waals surface area contributed by atoms with Crippen LogP contribution in [0.4, 0.5) is 4.39 Å². The third kappa shape index (κ3) is 3.70. The Labute approximate surface area is 170 Å². The van der Waals surface area contributed by atoms with E-state index in [0.717, 1.165) is 34.7 Å². The van der Waals surface area contributed by atoms with Gasteiger partial charge in [0, 0.05) is 0 Å². The molecule has 0 saturated carbocycles. The van der Waals surface area contributed by atoms with Crippen LogP contribution in [0, 0.1) is 11.2 Å². The summed E-state index contributed by atoms with van der Waals surface area (Å²) in [6.45, 7) is 4.29. The molecule has 29 heavy (non-hydrogen) atoms. The number of benzene rings is 2. The van der Waals surface area contributed by atoms with E-state index in [2.05, 4.69) is 25.0 Å². The number of halogens is 1. The summed E-state index contributed by atoms with van der Waals surface area (Å²) >= 11 is 0. The summed E-state index contributed by atoms with van der Waals surface area (Å²) in [5.41, 5.74) is 4.88. The van der Waals surface area contributed by atoms with Gasteiger partial charge in [-0.25, -0.2) is 9.07 Å². The van der Waals surface area contributed by atoms with Gasteiger partial charge in [-0.3, -0.25) is 0 Å². The van der Waals surface area contributed by atoms with Crippen molar-refractivity contribution >= 4 is 6.08 Å². The molecule has 4 nitrogen and oxygen atoms in total. The van der Waals surface area contributed by atoms with Gasteiger partial charge in [-0.1, -0.05) is 24.6 Å². The van der Waals surface area contributed by atoms with Gasteiger partial charge in [0.15, 0.2) is 0 Å². The van der Waals surface area contributed by atoms with Crippen LogP contribution in [-0.4, -0.2) is 22.0 Å². The van der Waals surface area contributed by atoms with Crippen molar-refractivity contribution in [2.45, 2.75) is 32.8 Å². The van der Waals surface area contributed by atoms with Crippen molar-refractivity contribution in [2.75, 3.05) is 7.11 Å². The number of hydrogen-bond donors (Lipinski definition) is 1. The molecule has 4 rings (SSSR count). The van der Waals surface area contributed by atoms with E-state index < -0.39 is 6.10 Å². The van der Waals surface area contributed by atoms with E-state index >= 15 is 0 Å². The van der Waals surface area contributed by atoms with E-state index in [1.54, 1.807) is 19.2 Å². The summed E-state index contributed by atoms with van der Waals surface area (Å²) in [5.74, 6) is 0.514. The minimum Gasteiger partial charge on any atom is -0.497 e. The summed E-state index contributed by atoms with van der Waals surface area (Å²) in [7, 11) is 1.63. The van der Waals surface area contributed by atoms with Crippen molar-refractivity contribution in [1.82, 2.24) is 9.78 Å². The molecule has 1 aliphatic carbocycles. The minimum atomic E-state index is -0.567. The number of hydrogen-bond acceptors (Lipinski definition) is 3. The molecule has 5 heteroatoms. The normalized spacial score (nSPS) is 19.4. The van der Waals surface area contributed by atoms with Crippen molar-refractivity contribution < 1.29 is 14.2 Å². The van der Waals surface area contributed by atoms with Crippen molar-refractivity contribution in [2.24, 2.45) is 5.41 Å². The molecular weight excluding hydrogens is 367 g/mol. The fraction of sp³-hybridized carbons (Fsp3) is 0.292. The van der Waals surface area contributed by atoms with Crippen LogP contribution in [0.1, 0.15) is 43.2 Å². The average molecular weight is 392 g/mol. The van der Waals surface area contributed by atoms with Crippen LogP contribution >= 0.6 is 0 Å². The number of aliphatic hydroxyl groups is 1. The molecule has 0 bridgehead atoms. The van der Waals surface area contributed by atoms with Gasteiger partial charge in [-0.2, -0.15) is 5.10 Å². The Hall–Kier alpha value is -2.92. The number of allylic oxidation sites excluding steroid dienone is 1. The molecule has 0 fully saturated rings. The Balaban J connectivity index is 1.59. The Morgan fingerprint density at radius 2 is 1.86 bits per heavy atom. The highest BCUT2D eigenvalue weighted by Gasteiger charge is 2.35. The van der Waals surface area contributed by atoms with Gasteiger partial charge in [0.1, 0.15) is 11.6 Å². The number of ether oxygens (including phenoxy) is 1. The van der Waals surface area contributed by atoms with E-state index in [9.17, 15) is 9.50 Å². The van der Waals surface area contributed by atoms with Gasteiger partial charge in [0.05, 0.1) is 30.8 Å². The van der Waals surface area contributed by atoms with Gasteiger partial charge < -0.3 is 9.84 Å². The van der Waals surface area contributed by atoms with Gasteiger partial charge in [0.25, 0.3) is 0 Å². The van der Waals surface area contributed by atoms with Crippen LogP contribution in [-0.2, 0) is 6.42 Å². The lowest BCUT2D eigenvalue weighted by atomic mass is 9.70. The Bertz CT molecular complexity index is 1040. The number of rotatable bonds is 5. The quantitative estimate of drug-likeness (QED) is 0.656. The summed E-state index contributed by atoms with van der Waals surface area (Å²) in [4.78, 5) is 0. The van der Waals surface area contributed by atoms with Crippen LogP contribution in [0.2, 0.25) is 0 Å². The van der Waals surface area contributed by atoms with Crippen LogP contribution in [0.25, 0.3) is 11.8 Å². The lowest BCUT2D eigenvalue weighted by Crippen LogP contribution is -2.27. The molecule has 2 aromatic carbocycles. The number of methoxy groups -OCH3 is 1. The van der Waals surface area contributed by atoms with Crippen molar-refractivity contribution in [1.29, 1.82) is 0 Å². The number of aliphatic hydroxyl groups excluding tert-OH is 1. The van der Waals surface area contributed by atoms with Crippen molar-refractivity contribution in [3.05, 3.63) is 82.9 Å². The average Bonchev–Trinajstić information content (AvgIpc) is 3.11. The first-order valence-corrected chi connectivity index (χ1v) is 9.73. The van der Waals surface area contributed by atoms with Crippen LogP contribution in [0.5, 0.6) is 5.75 Å². The van der Waals surface area contributed by atoms with Gasteiger partial charge in [-0.15, -0.1) is 0 Å². The highest BCUT2D eigenvalue weighted by molar-refractivity contribution is 5.60. The lowest BCUT2D eigenvalue weighted by Gasteiger charge is -2.36. The number of fused-ring (bicyclic) bond motifs is 1. The number of nitrogens with zero attached hydrogens (tertiary/aromatic N) is 2. The van der Waals surface area contributed by atoms with Crippen molar-refractivity contribution in [3.8, 4) is 11.4 Å². The predicted octanol–water partition coefficient (Wildman–Crippen LogP) is 5.11. The standard InChI is InChI=1S/C24H25FN2O2/c1-16-12-22-18(15-26-27(22)20-8-6-19(25)7-9-20)13-24(16,2)14-23(28)17-4-10-21(29-3)11-5-17/h4-12,15,23,28H,13-14H2,1-3H3/t23?,24-/m1/s1. The Morgan fingerprint density at radius 1 is 1.17 bits per heavy atom. The SMILES string of the molecule is COc1ccc(C(O)C[C@@]2(C)Cc3cnn(-c4ccc(F)cc4)c3C=C2C)cc1. The first-order chi connectivity index (χ1) is 13.9. The maximum absolute atomic E-state index is 13.3. The van der Waals surface area contributed by atoms with E-state index in [1.807, 2.05) is 35.1 Å². The Kier molecular flexibility index (Phi) is 5.01. The van der Waals surface area contributed by atoms with E-state index in [0.29, 0.717) is 6.42 Å². The third-order valence-electron chi connectivity index (χ3n) is 5.99. The molecule has 0 spiro atoms. The third-order valence-corrected chi connectivity index (χ3v) is 5.99. The molecule has 0 amide bonds. The van der Waals surface area contributed by atoms with Gasteiger partial charge in [0.2, 0.25) is 0 Å². The van der Waals surface area contributed by atoms with E-state index in [-0.39, 0.29) is 11.2 Å². The van der Waals surface area contributed by atoms with Crippen LogP contribution in [0.3, 0.4) is 0 Å². The molecule has 0 aliphatic heterocycles. The first kappa shape index (κ1) is 19.4. The van der Waals surface area contributed by atoms with Crippen LogP contribution in [0.15, 0.2) is 60.3 Å². The molecule has 0 saturated heterocycles. The summed E-state index contributed by atoms with van der Waals surface area (Å²) in [6, 6.07) is 13.9. The maximum Gasteiger partial charge on any atom is 0.123 e. The summed E-state index contributed by atoms with van der Waals surface area (Å²) < 4.78 is 20.3. The molecule has 1 aliphatic rings. The molecule has 3 aromatic rings. The van der Waals surface area contributed by atoms with Crippen molar-refractivity contribution in [3.63, 3.8) is 0 Å². The number of aromatic nitrogens is 2. The highest BCUT2D eigenvalue weighted by Crippen LogP contribution is 2.44. The lowest BCUT2D eigenvalue weighted by molar-refractivity contribution is 0.121. The van der Waals surface area contributed by atoms with Gasteiger partial charge in [-0.05, 0) is 78.8 Å². The molecule has 1 N–H and O–H groups in total. The minimum absolute atomic E-state index is 0.178. The molecule has 150 valence electrons. The molecule has 2 atom stereocenters. The van der Waals surface area contributed by atoms with E-state index in [1.165, 1.54) is 17.7 Å². The largest absolute Gasteiger partial charge is 0.497 e. The maximum atomic E-state index is 13.3. The topological polar surface area (TPSA) is 47.3 Å². The fourth-order valence-electron chi connectivity index (χ4n) is 4.01. The molecular formula is C24H25FN2O2. The van der Waals surface area contributed by atoms with E-state index in [4.69, 9.17) is 4.74 Å². The zero-order valence-electron chi connectivity index (χ0n) is 16.9. The summed E-state index contributed by atoms with van der Waals surface area (Å²) in [5, 5.41) is 15.4. The van der Waals surface area contributed by atoms with Gasteiger partial charge >= 0.3 is 0 Å².